The van der Waals surface area contributed by atoms with Crippen LogP contribution in [0.2, 0.25) is 0 Å². The van der Waals surface area contributed by atoms with E-state index in [4.69, 9.17) is 0 Å². The minimum Gasteiger partial charge on any atom is -0.356 e. The van der Waals surface area contributed by atoms with Crippen LogP contribution in [0, 0.1) is 22.7 Å². The summed E-state index contributed by atoms with van der Waals surface area (Å²) in [4.78, 5) is 52.6. The Bertz CT molecular complexity index is 750. The van der Waals surface area contributed by atoms with Crippen molar-refractivity contribution in [1.82, 2.24) is 15.1 Å². The van der Waals surface area contributed by atoms with Gasteiger partial charge in [0, 0.05) is 45.4 Å². The van der Waals surface area contributed by atoms with E-state index in [1.807, 2.05) is 25.7 Å². The number of hydrogen-bond donors (Lipinski definition) is 1. The Balaban J connectivity index is 1.47. The second-order valence-corrected chi connectivity index (χ2v) is 12.7. The first kappa shape index (κ1) is 29.3. The predicted molar refractivity (Wildman–Crippen MR) is 138 cm³/mol. The van der Waals surface area contributed by atoms with Crippen molar-refractivity contribution in [1.29, 1.82) is 0 Å². The Hall–Kier alpha value is -1.92. The Labute approximate surface area is 212 Å². The molecule has 4 amide bonds. The van der Waals surface area contributed by atoms with Gasteiger partial charge < -0.3 is 10.2 Å². The van der Waals surface area contributed by atoms with E-state index in [0.717, 1.165) is 58.0 Å². The van der Waals surface area contributed by atoms with Crippen molar-refractivity contribution >= 4 is 23.6 Å². The molecule has 2 heterocycles. The van der Waals surface area contributed by atoms with Crippen LogP contribution in [-0.2, 0) is 19.2 Å². The highest BCUT2D eigenvalue weighted by Crippen LogP contribution is 2.35. The summed E-state index contributed by atoms with van der Waals surface area (Å²) in [5.41, 5.74) is 0.0632. The lowest BCUT2D eigenvalue weighted by atomic mass is 9.80. The third-order valence-electron chi connectivity index (χ3n) is 7.73. The predicted octanol–water partition coefficient (Wildman–Crippen LogP) is 4.54. The van der Waals surface area contributed by atoms with Crippen LogP contribution >= 0.6 is 0 Å². The highest BCUT2D eigenvalue weighted by Gasteiger charge is 2.44. The lowest BCUT2D eigenvalue weighted by molar-refractivity contribution is -0.140. The summed E-state index contributed by atoms with van der Waals surface area (Å²) in [5.74, 6) is 0.576. The summed E-state index contributed by atoms with van der Waals surface area (Å²) in [6.45, 7) is 15.6. The summed E-state index contributed by atoms with van der Waals surface area (Å²) in [7, 11) is 0. The molecule has 0 aromatic heterocycles. The lowest BCUT2D eigenvalue weighted by Crippen LogP contribution is -2.34. The number of hydrogen-bond acceptors (Lipinski definition) is 4. The molecule has 0 aromatic rings. The van der Waals surface area contributed by atoms with Crippen LogP contribution < -0.4 is 5.32 Å². The van der Waals surface area contributed by atoms with Gasteiger partial charge in [0.05, 0.1) is 5.92 Å². The van der Waals surface area contributed by atoms with E-state index < -0.39 is 0 Å². The molecule has 2 aliphatic heterocycles. The molecule has 2 fully saturated rings. The van der Waals surface area contributed by atoms with E-state index >= 15 is 0 Å². The van der Waals surface area contributed by atoms with Crippen LogP contribution in [0.5, 0.6) is 0 Å². The third kappa shape index (κ3) is 9.23. The second-order valence-electron chi connectivity index (χ2n) is 12.7. The SMILES string of the molecule is CC(C)(C)C1CC(=O)N(CCCCCC(=O)NCCCCCC(=O)N2CC[C@@H](C(C)(C)C)C2)C1=O. The zero-order valence-electron chi connectivity index (χ0n) is 23.1. The molecule has 7 heteroatoms. The first-order chi connectivity index (χ1) is 16.3. The summed E-state index contributed by atoms with van der Waals surface area (Å²) >= 11 is 0. The molecule has 0 aliphatic carbocycles. The Morgan fingerprint density at radius 2 is 1.54 bits per heavy atom. The molecule has 0 saturated carbocycles. The molecule has 35 heavy (non-hydrogen) atoms. The fourth-order valence-corrected chi connectivity index (χ4v) is 5.07. The van der Waals surface area contributed by atoms with Gasteiger partial charge in [-0.2, -0.15) is 0 Å². The quantitative estimate of drug-likeness (QED) is 0.321. The van der Waals surface area contributed by atoms with Crippen molar-refractivity contribution in [3.05, 3.63) is 0 Å². The number of unbranched alkanes of at least 4 members (excludes halogenated alkanes) is 4. The number of carbonyl (C=O) groups excluding carboxylic acids is 4. The minimum atomic E-state index is -0.222. The number of carbonyl (C=O) groups is 4. The molecular formula is C28H49N3O4. The molecule has 2 atom stereocenters. The molecule has 0 aromatic carbocycles. The molecule has 7 nitrogen and oxygen atoms in total. The zero-order valence-corrected chi connectivity index (χ0v) is 23.1. The first-order valence-electron chi connectivity index (χ1n) is 13.7. The van der Waals surface area contributed by atoms with E-state index in [-0.39, 0.29) is 40.4 Å². The van der Waals surface area contributed by atoms with Crippen LogP contribution in [0.4, 0.5) is 0 Å². The molecule has 2 rings (SSSR count). The molecular weight excluding hydrogens is 442 g/mol. The van der Waals surface area contributed by atoms with Crippen molar-refractivity contribution in [3.63, 3.8) is 0 Å². The number of nitrogens with zero attached hydrogens (tertiary/aromatic N) is 2. The van der Waals surface area contributed by atoms with Crippen molar-refractivity contribution in [2.24, 2.45) is 22.7 Å². The Morgan fingerprint density at radius 1 is 0.886 bits per heavy atom. The number of likely N-dealkylation sites (tertiary alicyclic amines) is 2. The largest absolute Gasteiger partial charge is 0.356 e. The molecule has 0 radical (unpaired) electrons. The maximum Gasteiger partial charge on any atom is 0.233 e. The van der Waals surface area contributed by atoms with Crippen LogP contribution in [0.25, 0.3) is 0 Å². The van der Waals surface area contributed by atoms with Crippen molar-refractivity contribution in [3.8, 4) is 0 Å². The van der Waals surface area contributed by atoms with Gasteiger partial charge in [-0.15, -0.1) is 0 Å². The number of nitrogens with one attached hydrogen (secondary N) is 1. The summed E-state index contributed by atoms with van der Waals surface area (Å²) in [6.07, 6.45) is 7.50. The van der Waals surface area contributed by atoms with Gasteiger partial charge in [-0.05, 0) is 48.9 Å². The maximum absolute atomic E-state index is 12.5. The van der Waals surface area contributed by atoms with E-state index in [1.165, 1.54) is 4.90 Å². The lowest BCUT2D eigenvalue weighted by Gasteiger charge is -2.27. The van der Waals surface area contributed by atoms with E-state index in [1.54, 1.807) is 0 Å². The molecule has 200 valence electrons. The number of rotatable bonds is 12. The van der Waals surface area contributed by atoms with Crippen molar-refractivity contribution < 1.29 is 19.2 Å². The maximum atomic E-state index is 12.5. The summed E-state index contributed by atoms with van der Waals surface area (Å²) in [5, 5.41) is 2.96. The molecule has 1 N–H and O–H groups in total. The minimum absolute atomic E-state index is 0.0449. The topological polar surface area (TPSA) is 86.8 Å². The average Bonchev–Trinajstić information content (AvgIpc) is 3.36. The Morgan fingerprint density at radius 3 is 2.14 bits per heavy atom. The van der Waals surface area contributed by atoms with E-state index in [2.05, 4.69) is 26.1 Å². The van der Waals surface area contributed by atoms with Gasteiger partial charge in [0.15, 0.2) is 0 Å². The third-order valence-corrected chi connectivity index (χ3v) is 7.73. The average molecular weight is 492 g/mol. The molecule has 1 unspecified atom stereocenters. The van der Waals surface area contributed by atoms with Gasteiger partial charge in [-0.1, -0.05) is 54.4 Å². The van der Waals surface area contributed by atoms with Gasteiger partial charge in [0.1, 0.15) is 0 Å². The summed E-state index contributed by atoms with van der Waals surface area (Å²) < 4.78 is 0. The summed E-state index contributed by atoms with van der Waals surface area (Å²) in [6, 6.07) is 0. The van der Waals surface area contributed by atoms with Crippen molar-refractivity contribution in [2.75, 3.05) is 26.2 Å². The van der Waals surface area contributed by atoms with E-state index in [0.29, 0.717) is 38.3 Å². The normalized spacial score (nSPS) is 21.2. The van der Waals surface area contributed by atoms with Gasteiger partial charge in [0.25, 0.3) is 0 Å². The van der Waals surface area contributed by atoms with Gasteiger partial charge >= 0.3 is 0 Å². The highest BCUT2D eigenvalue weighted by molar-refractivity contribution is 6.03. The number of imide groups is 1. The van der Waals surface area contributed by atoms with E-state index in [9.17, 15) is 19.2 Å². The standard InChI is InChI=1S/C28H49N3O4/c1-27(2,3)21-15-18-30(20-21)24(33)14-10-7-11-16-29-23(32)13-9-8-12-17-31-25(34)19-22(26(31)35)28(4,5)6/h21-22H,7-20H2,1-6H3,(H,29,32)/t21-,22?/m1/s1. The molecule has 0 spiro atoms. The van der Waals surface area contributed by atoms with Gasteiger partial charge in [0.2, 0.25) is 23.6 Å². The monoisotopic (exact) mass is 491 g/mol. The highest BCUT2D eigenvalue weighted by atomic mass is 16.2. The van der Waals surface area contributed by atoms with Gasteiger partial charge in [-0.3, -0.25) is 24.1 Å². The second kappa shape index (κ2) is 12.9. The molecule has 2 aliphatic rings. The van der Waals surface area contributed by atoms with Crippen LogP contribution in [0.15, 0.2) is 0 Å². The first-order valence-corrected chi connectivity index (χ1v) is 13.7. The Kier molecular flexibility index (Phi) is 10.8. The zero-order chi connectivity index (χ0) is 26.2. The molecule has 0 bridgehead atoms. The van der Waals surface area contributed by atoms with Crippen LogP contribution in [0.3, 0.4) is 0 Å². The number of amides is 4. The molecule has 2 saturated heterocycles. The van der Waals surface area contributed by atoms with Gasteiger partial charge in [-0.25, -0.2) is 0 Å². The fraction of sp³-hybridized carbons (Fsp3) is 0.857. The fourth-order valence-electron chi connectivity index (χ4n) is 5.07. The van der Waals surface area contributed by atoms with Crippen LogP contribution in [-0.4, -0.2) is 59.6 Å². The smallest absolute Gasteiger partial charge is 0.233 e. The van der Waals surface area contributed by atoms with Crippen molar-refractivity contribution in [2.45, 2.75) is 106 Å². The van der Waals surface area contributed by atoms with Crippen LogP contribution in [0.1, 0.15) is 106 Å².